The van der Waals surface area contributed by atoms with E-state index in [2.05, 4.69) is 46.4 Å². The van der Waals surface area contributed by atoms with E-state index in [9.17, 15) is 0 Å². The van der Waals surface area contributed by atoms with E-state index in [1.807, 2.05) is 17.5 Å². The monoisotopic (exact) mass is 325 g/mol. The van der Waals surface area contributed by atoms with Gasteiger partial charge < -0.3 is 4.52 Å². The summed E-state index contributed by atoms with van der Waals surface area (Å²) in [5.41, 5.74) is 2.92. The minimum Gasteiger partial charge on any atom is -0.338 e. The first kappa shape index (κ1) is 14.6. The largest absolute Gasteiger partial charge is 0.338 e. The van der Waals surface area contributed by atoms with Gasteiger partial charge in [-0.1, -0.05) is 35.5 Å². The minimum atomic E-state index is 0.428. The highest BCUT2D eigenvalue weighted by Crippen LogP contribution is 2.34. The third-order valence-electron chi connectivity index (χ3n) is 4.46. The molecule has 3 aromatic rings. The molecule has 0 spiro atoms. The van der Waals surface area contributed by atoms with Crippen LogP contribution in [0.3, 0.4) is 0 Å². The number of rotatable bonds is 4. The van der Waals surface area contributed by atoms with Gasteiger partial charge in [0.25, 0.3) is 0 Å². The molecule has 1 aromatic carbocycles. The van der Waals surface area contributed by atoms with Gasteiger partial charge in [0.2, 0.25) is 11.7 Å². The van der Waals surface area contributed by atoms with Crippen molar-refractivity contribution >= 4 is 11.3 Å². The van der Waals surface area contributed by atoms with Crippen molar-refractivity contribution in [3.8, 4) is 10.7 Å². The van der Waals surface area contributed by atoms with Crippen LogP contribution in [0.2, 0.25) is 0 Å². The van der Waals surface area contributed by atoms with Crippen molar-refractivity contribution in [2.75, 3.05) is 7.05 Å². The Bertz CT molecular complexity index is 781. The van der Waals surface area contributed by atoms with E-state index in [1.54, 1.807) is 11.3 Å². The Hall–Kier alpha value is -1.98. The molecule has 5 heteroatoms. The highest BCUT2D eigenvalue weighted by atomic mass is 32.1. The Morgan fingerprint density at radius 3 is 3.04 bits per heavy atom. The molecule has 0 fully saturated rings. The zero-order chi connectivity index (χ0) is 15.6. The first-order valence-corrected chi connectivity index (χ1v) is 8.84. The lowest BCUT2D eigenvalue weighted by molar-refractivity contribution is 0.187. The molecular weight excluding hydrogens is 306 g/mol. The van der Waals surface area contributed by atoms with Crippen molar-refractivity contribution in [1.82, 2.24) is 15.0 Å². The van der Waals surface area contributed by atoms with E-state index in [0.717, 1.165) is 4.88 Å². The topological polar surface area (TPSA) is 42.2 Å². The quantitative estimate of drug-likeness (QED) is 0.717. The molecule has 0 radical (unpaired) electrons. The maximum absolute atomic E-state index is 5.44. The lowest BCUT2D eigenvalue weighted by Gasteiger charge is -2.32. The van der Waals surface area contributed by atoms with Crippen LogP contribution in [0, 0.1) is 0 Å². The van der Waals surface area contributed by atoms with E-state index in [0.29, 0.717) is 24.3 Å². The number of hydrogen-bond donors (Lipinski definition) is 0. The summed E-state index contributed by atoms with van der Waals surface area (Å²) in [4.78, 5) is 7.90. The predicted molar refractivity (Wildman–Crippen MR) is 91.2 cm³/mol. The van der Waals surface area contributed by atoms with Crippen LogP contribution in [0.25, 0.3) is 10.7 Å². The van der Waals surface area contributed by atoms with Gasteiger partial charge in [-0.2, -0.15) is 4.98 Å². The van der Waals surface area contributed by atoms with E-state index < -0.39 is 0 Å². The molecule has 4 rings (SSSR count). The van der Waals surface area contributed by atoms with Crippen LogP contribution in [0.15, 0.2) is 46.3 Å². The zero-order valence-electron chi connectivity index (χ0n) is 13.1. The summed E-state index contributed by atoms with van der Waals surface area (Å²) in [6.07, 6.45) is 3.60. The van der Waals surface area contributed by atoms with Gasteiger partial charge in [0.1, 0.15) is 0 Å². The number of aromatic nitrogens is 2. The van der Waals surface area contributed by atoms with Crippen LogP contribution in [0.5, 0.6) is 0 Å². The normalized spacial score (nSPS) is 17.4. The summed E-state index contributed by atoms with van der Waals surface area (Å²) in [5.74, 6) is 1.37. The Balaban J connectivity index is 1.52. The van der Waals surface area contributed by atoms with Crippen LogP contribution in [0.1, 0.15) is 35.9 Å². The van der Waals surface area contributed by atoms with Gasteiger partial charge in [0, 0.05) is 6.04 Å². The third kappa shape index (κ3) is 2.94. The van der Waals surface area contributed by atoms with Crippen molar-refractivity contribution in [3.63, 3.8) is 0 Å². The Kier molecular flexibility index (Phi) is 3.97. The van der Waals surface area contributed by atoms with Crippen LogP contribution in [0.4, 0.5) is 0 Å². The third-order valence-corrected chi connectivity index (χ3v) is 5.33. The second kappa shape index (κ2) is 6.26. The number of nitrogens with zero attached hydrogens (tertiary/aromatic N) is 3. The molecular formula is C18H19N3OS. The first-order chi connectivity index (χ1) is 11.3. The molecule has 0 saturated heterocycles. The fraction of sp³-hybridized carbons (Fsp3) is 0.333. The molecule has 0 amide bonds. The number of benzene rings is 1. The lowest BCUT2D eigenvalue weighted by Crippen LogP contribution is -2.27. The molecule has 0 N–H and O–H groups in total. The average Bonchev–Trinajstić information content (AvgIpc) is 3.25. The van der Waals surface area contributed by atoms with E-state index >= 15 is 0 Å². The molecule has 1 aliphatic carbocycles. The van der Waals surface area contributed by atoms with E-state index in [1.165, 1.54) is 30.4 Å². The van der Waals surface area contributed by atoms with Crippen LogP contribution >= 0.6 is 11.3 Å². The fourth-order valence-corrected chi connectivity index (χ4v) is 3.98. The Morgan fingerprint density at radius 2 is 2.17 bits per heavy atom. The smallest absolute Gasteiger partial charge is 0.241 e. The van der Waals surface area contributed by atoms with Crippen molar-refractivity contribution < 1.29 is 4.52 Å². The molecule has 0 bridgehead atoms. The molecule has 118 valence electrons. The number of hydrogen-bond acceptors (Lipinski definition) is 5. The maximum Gasteiger partial charge on any atom is 0.241 e. The van der Waals surface area contributed by atoms with Crippen LogP contribution < -0.4 is 0 Å². The fourth-order valence-electron chi connectivity index (χ4n) is 3.33. The van der Waals surface area contributed by atoms with Gasteiger partial charge in [-0.15, -0.1) is 11.3 Å². The predicted octanol–water partition coefficient (Wildman–Crippen LogP) is 4.31. The summed E-state index contributed by atoms with van der Waals surface area (Å²) in [6, 6.07) is 13.2. The van der Waals surface area contributed by atoms with Crippen molar-refractivity contribution in [2.45, 2.75) is 31.8 Å². The second-order valence-corrected chi connectivity index (χ2v) is 6.96. The van der Waals surface area contributed by atoms with E-state index in [-0.39, 0.29) is 0 Å². The molecule has 0 aliphatic heterocycles. The Labute approximate surface area is 139 Å². The van der Waals surface area contributed by atoms with Gasteiger partial charge in [0.05, 0.1) is 11.4 Å². The van der Waals surface area contributed by atoms with Crippen LogP contribution in [-0.4, -0.2) is 22.1 Å². The second-order valence-electron chi connectivity index (χ2n) is 6.01. The molecule has 2 aromatic heterocycles. The molecule has 1 atom stereocenters. The molecule has 2 heterocycles. The average molecular weight is 325 g/mol. The molecule has 0 saturated carbocycles. The van der Waals surface area contributed by atoms with Crippen molar-refractivity contribution in [3.05, 3.63) is 58.8 Å². The van der Waals surface area contributed by atoms with Gasteiger partial charge in [-0.05, 0) is 48.9 Å². The van der Waals surface area contributed by atoms with Crippen LogP contribution in [-0.2, 0) is 13.0 Å². The number of aryl methyl sites for hydroxylation is 1. The Morgan fingerprint density at radius 1 is 1.26 bits per heavy atom. The van der Waals surface area contributed by atoms with Crippen molar-refractivity contribution in [2.24, 2.45) is 0 Å². The number of thiophene rings is 1. The highest BCUT2D eigenvalue weighted by molar-refractivity contribution is 7.13. The lowest BCUT2D eigenvalue weighted by atomic mass is 9.87. The van der Waals surface area contributed by atoms with Gasteiger partial charge in [0.15, 0.2) is 0 Å². The van der Waals surface area contributed by atoms with Gasteiger partial charge in [-0.25, -0.2) is 0 Å². The van der Waals surface area contributed by atoms with Gasteiger partial charge in [-0.3, -0.25) is 4.90 Å². The van der Waals surface area contributed by atoms with Gasteiger partial charge >= 0.3 is 0 Å². The summed E-state index contributed by atoms with van der Waals surface area (Å²) >= 11 is 1.63. The summed E-state index contributed by atoms with van der Waals surface area (Å²) in [7, 11) is 2.14. The molecule has 4 nitrogen and oxygen atoms in total. The van der Waals surface area contributed by atoms with Crippen molar-refractivity contribution in [1.29, 1.82) is 0 Å². The standard InChI is InChI=1S/C18H19N3OS/c1-21(15-9-4-7-13-6-2-3-8-14(13)15)12-17-19-18(20-22-17)16-10-5-11-23-16/h2-3,5-6,8,10-11,15H,4,7,9,12H2,1H3/t15-/m1/s1. The number of fused-ring (bicyclic) bond motifs is 1. The summed E-state index contributed by atoms with van der Waals surface area (Å²) in [5, 5.41) is 6.12. The molecule has 23 heavy (non-hydrogen) atoms. The zero-order valence-corrected chi connectivity index (χ0v) is 13.9. The maximum atomic E-state index is 5.44. The first-order valence-electron chi connectivity index (χ1n) is 7.96. The minimum absolute atomic E-state index is 0.428. The molecule has 1 aliphatic rings. The van der Waals surface area contributed by atoms with E-state index in [4.69, 9.17) is 4.52 Å². The highest BCUT2D eigenvalue weighted by Gasteiger charge is 2.24. The summed E-state index contributed by atoms with van der Waals surface area (Å²) < 4.78 is 5.44. The SMILES string of the molecule is CN(Cc1nc(-c2cccs2)no1)[C@@H]1CCCc2ccccc21. The molecule has 0 unspecified atom stereocenters. The summed E-state index contributed by atoms with van der Waals surface area (Å²) in [6.45, 7) is 0.678.